The van der Waals surface area contributed by atoms with Crippen LogP contribution in [0.25, 0.3) is 0 Å². The van der Waals surface area contributed by atoms with Crippen molar-refractivity contribution in [3.05, 3.63) is 24.3 Å². The Kier molecular flexibility index (Phi) is 5.33. The van der Waals surface area contributed by atoms with Crippen molar-refractivity contribution in [2.75, 3.05) is 44.6 Å². The normalized spacial score (nSPS) is 22.0. The Labute approximate surface area is 143 Å². The van der Waals surface area contributed by atoms with Crippen LogP contribution in [-0.2, 0) is 0 Å². The van der Waals surface area contributed by atoms with Crippen molar-refractivity contribution in [3.63, 3.8) is 0 Å². The molecule has 1 unspecified atom stereocenters. The SMILES string of the molecule is O=C(Nc1ccc(OC(F)(F)F)cc1)N1CCC(N2CCNCC2)C1. The average molecular weight is 358 g/mol. The Morgan fingerprint density at radius 1 is 1.16 bits per heavy atom. The van der Waals surface area contributed by atoms with E-state index >= 15 is 0 Å². The predicted molar refractivity (Wildman–Crippen MR) is 86.6 cm³/mol. The third-order valence-corrected chi connectivity index (χ3v) is 4.46. The summed E-state index contributed by atoms with van der Waals surface area (Å²) in [5, 5.41) is 6.02. The van der Waals surface area contributed by atoms with E-state index in [-0.39, 0.29) is 11.8 Å². The lowest BCUT2D eigenvalue weighted by molar-refractivity contribution is -0.274. The molecular formula is C16H21F3N4O2. The monoisotopic (exact) mass is 358 g/mol. The number of anilines is 1. The number of ether oxygens (including phenoxy) is 1. The number of hydrogen-bond acceptors (Lipinski definition) is 4. The zero-order valence-electron chi connectivity index (χ0n) is 13.7. The largest absolute Gasteiger partial charge is 0.573 e. The van der Waals surface area contributed by atoms with E-state index in [1.54, 1.807) is 4.90 Å². The molecule has 3 rings (SSSR count). The Morgan fingerprint density at radius 3 is 2.48 bits per heavy atom. The second-order valence-electron chi connectivity index (χ2n) is 6.18. The van der Waals surface area contributed by atoms with Crippen molar-refractivity contribution in [2.24, 2.45) is 0 Å². The molecule has 0 aromatic heterocycles. The fourth-order valence-electron chi connectivity index (χ4n) is 3.21. The molecule has 0 bridgehead atoms. The van der Waals surface area contributed by atoms with Crippen LogP contribution in [-0.4, -0.2) is 67.5 Å². The van der Waals surface area contributed by atoms with Crippen molar-refractivity contribution in [2.45, 2.75) is 18.8 Å². The minimum Gasteiger partial charge on any atom is -0.406 e. The van der Waals surface area contributed by atoms with Crippen LogP contribution < -0.4 is 15.4 Å². The molecule has 1 aromatic rings. The van der Waals surface area contributed by atoms with Gasteiger partial charge in [0.2, 0.25) is 0 Å². The maximum Gasteiger partial charge on any atom is 0.573 e. The number of nitrogens with one attached hydrogen (secondary N) is 2. The molecule has 2 aliphatic heterocycles. The van der Waals surface area contributed by atoms with E-state index in [4.69, 9.17) is 0 Å². The second kappa shape index (κ2) is 7.49. The van der Waals surface area contributed by atoms with Crippen molar-refractivity contribution >= 4 is 11.7 Å². The molecule has 6 nitrogen and oxygen atoms in total. The topological polar surface area (TPSA) is 56.8 Å². The number of likely N-dealkylation sites (tertiary alicyclic amines) is 1. The maximum absolute atomic E-state index is 12.3. The number of carbonyl (C=O) groups is 1. The molecule has 1 aromatic carbocycles. The summed E-state index contributed by atoms with van der Waals surface area (Å²) >= 11 is 0. The Balaban J connectivity index is 1.50. The van der Waals surface area contributed by atoms with Gasteiger partial charge in [-0.25, -0.2) is 4.79 Å². The van der Waals surface area contributed by atoms with Gasteiger partial charge in [-0.1, -0.05) is 0 Å². The number of nitrogens with zero attached hydrogens (tertiary/aromatic N) is 2. The van der Waals surface area contributed by atoms with Gasteiger partial charge in [-0.15, -0.1) is 13.2 Å². The van der Waals surface area contributed by atoms with Crippen molar-refractivity contribution in [1.82, 2.24) is 15.1 Å². The smallest absolute Gasteiger partial charge is 0.406 e. The average Bonchev–Trinajstić information content (AvgIpc) is 3.06. The van der Waals surface area contributed by atoms with E-state index in [1.165, 1.54) is 24.3 Å². The first-order valence-corrected chi connectivity index (χ1v) is 8.27. The maximum atomic E-state index is 12.3. The highest BCUT2D eigenvalue weighted by molar-refractivity contribution is 5.89. The molecule has 2 N–H and O–H groups in total. The number of piperazine rings is 1. The van der Waals surface area contributed by atoms with Crippen LogP contribution in [0.4, 0.5) is 23.7 Å². The second-order valence-corrected chi connectivity index (χ2v) is 6.18. The number of urea groups is 1. The Hall–Kier alpha value is -2.00. The van der Waals surface area contributed by atoms with E-state index < -0.39 is 6.36 Å². The standard InChI is InChI=1S/C16H21F3N4O2/c17-16(18,19)25-14-3-1-12(2-4-14)21-15(24)23-8-5-13(11-23)22-9-6-20-7-10-22/h1-4,13,20H,5-11H2,(H,21,24). The summed E-state index contributed by atoms with van der Waals surface area (Å²) in [5.41, 5.74) is 0.435. The van der Waals surface area contributed by atoms with Gasteiger partial charge in [-0.2, -0.15) is 0 Å². The van der Waals surface area contributed by atoms with Gasteiger partial charge in [0.1, 0.15) is 5.75 Å². The first-order valence-electron chi connectivity index (χ1n) is 8.27. The molecule has 2 saturated heterocycles. The molecule has 2 heterocycles. The molecule has 2 aliphatic rings. The molecule has 138 valence electrons. The van der Waals surface area contributed by atoms with Gasteiger partial charge in [-0.05, 0) is 30.7 Å². The van der Waals surface area contributed by atoms with Gasteiger partial charge in [0, 0.05) is 51.0 Å². The minimum absolute atomic E-state index is 0.234. The molecule has 0 aliphatic carbocycles. The van der Waals surface area contributed by atoms with E-state index in [2.05, 4.69) is 20.3 Å². The zero-order chi connectivity index (χ0) is 17.9. The summed E-state index contributed by atoms with van der Waals surface area (Å²) < 4.78 is 40.2. The molecule has 0 spiro atoms. The highest BCUT2D eigenvalue weighted by Gasteiger charge is 2.32. The Morgan fingerprint density at radius 2 is 1.84 bits per heavy atom. The summed E-state index contributed by atoms with van der Waals surface area (Å²) in [6.45, 7) is 5.25. The van der Waals surface area contributed by atoms with Gasteiger partial charge in [0.05, 0.1) is 0 Å². The number of halogens is 3. The minimum atomic E-state index is -4.72. The lowest BCUT2D eigenvalue weighted by Crippen LogP contribution is -2.49. The van der Waals surface area contributed by atoms with Gasteiger partial charge >= 0.3 is 12.4 Å². The van der Waals surface area contributed by atoms with Crippen LogP contribution in [0.3, 0.4) is 0 Å². The third-order valence-electron chi connectivity index (χ3n) is 4.46. The number of carbonyl (C=O) groups excluding carboxylic acids is 1. The molecular weight excluding hydrogens is 337 g/mol. The van der Waals surface area contributed by atoms with Crippen LogP contribution in [0, 0.1) is 0 Å². The van der Waals surface area contributed by atoms with Gasteiger partial charge in [0.15, 0.2) is 0 Å². The molecule has 25 heavy (non-hydrogen) atoms. The summed E-state index contributed by atoms with van der Waals surface area (Å²) in [4.78, 5) is 16.5. The van der Waals surface area contributed by atoms with Crippen LogP contribution in [0.5, 0.6) is 5.75 Å². The quantitative estimate of drug-likeness (QED) is 0.869. The molecule has 0 radical (unpaired) electrons. The number of benzene rings is 1. The van der Waals surface area contributed by atoms with E-state index in [1.807, 2.05) is 0 Å². The Bertz CT molecular complexity index is 588. The van der Waals surface area contributed by atoms with E-state index in [9.17, 15) is 18.0 Å². The summed E-state index contributed by atoms with van der Waals surface area (Å²) in [5.74, 6) is -0.314. The molecule has 0 saturated carbocycles. The summed E-state index contributed by atoms with van der Waals surface area (Å²) in [7, 11) is 0. The number of alkyl halides is 3. The van der Waals surface area contributed by atoms with Crippen LogP contribution in [0.1, 0.15) is 6.42 Å². The summed E-state index contributed by atoms with van der Waals surface area (Å²) in [6, 6.07) is 5.27. The molecule has 9 heteroatoms. The molecule has 2 amide bonds. The van der Waals surface area contributed by atoms with Crippen molar-refractivity contribution < 1.29 is 22.7 Å². The lowest BCUT2D eigenvalue weighted by atomic mass is 10.2. The molecule has 1 atom stereocenters. The van der Waals surface area contributed by atoms with Crippen LogP contribution in [0.15, 0.2) is 24.3 Å². The third kappa shape index (κ3) is 4.99. The lowest BCUT2D eigenvalue weighted by Gasteiger charge is -2.32. The van der Waals surface area contributed by atoms with E-state index in [0.29, 0.717) is 24.8 Å². The number of hydrogen-bond donors (Lipinski definition) is 2. The van der Waals surface area contributed by atoms with Gasteiger partial charge in [-0.3, -0.25) is 4.90 Å². The summed E-state index contributed by atoms with van der Waals surface area (Å²) in [6.07, 6.45) is -3.79. The molecule has 2 fully saturated rings. The van der Waals surface area contributed by atoms with E-state index in [0.717, 1.165) is 32.6 Å². The first kappa shape index (κ1) is 17.8. The predicted octanol–water partition coefficient (Wildman–Crippen LogP) is 2.10. The fourth-order valence-corrected chi connectivity index (χ4v) is 3.21. The number of amides is 2. The highest BCUT2D eigenvalue weighted by atomic mass is 19.4. The van der Waals surface area contributed by atoms with Crippen LogP contribution in [0.2, 0.25) is 0 Å². The van der Waals surface area contributed by atoms with Crippen molar-refractivity contribution in [3.8, 4) is 5.75 Å². The first-order chi connectivity index (χ1) is 11.9. The fraction of sp³-hybridized carbons (Fsp3) is 0.562. The van der Waals surface area contributed by atoms with Gasteiger partial charge in [0.25, 0.3) is 0 Å². The van der Waals surface area contributed by atoms with Crippen LogP contribution >= 0.6 is 0 Å². The number of rotatable bonds is 3. The highest BCUT2D eigenvalue weighted by Crippen LogP contribution is 2.24. The van der Waals surface area contributed by atoms with Crippen molar-refractivity contribution in [1.29, 1.82) is 0 Å². The zero-order valence-corrected chi connectivity index (χ0v) is 13.7. The van der Waals surface area contributed by atoms with Gasteiger partial charge < -0.3 is 20.3 Å².